The quantitative estimate of drug-likeness (QED) is 0.858. The minimum atomic E-state index is 0.485. The molecule has 100 valence electrons. The van der Waals surface area contributed by atoms with Crippen LogP contribution < -0.4 is 5.32 Å². The van der Waals surface area contributed by atoms with Crippen molar-refractivity contribution in [2.45, 2.75) is 31.2 Å². The lowest BCUT2D eigenvalue weighted by Crippen LogP contribution is -2.25. The van der Waals surface area contributed by atoms with E-state index in [4.69, 9.17) is 0 Å². The maximum atomic E-state index is 4.02. The molecular weight excluding hydrogens is 236 g/mol. The highest BCUT2D eigenvalue weighted by Gasteiger charge is 2.23. The number of hydrogen-bond acceptors (Lipinski definition) is 3. The number of benzene rings is 1. The molecule has 4 heteroatoms. The topological polar surface area (TPSA) is 42.7 Å². The highest BCUT2D eigenvalue weighted by Crippen LogP contribution is 2.23. The molecule has 1 aromatic carbocycles. The van der Waals surface area contributed by atoms with E-state index in [9.17, 15) is 0 Å². The summed E-state index contributed by atoms with van der Waals surface area (Å²) in [4.78, 5) is 0. The van der Waals surface area contributed by atoms with Gasteiger partial charge in [-0.15, -0.1) is 5.10 Å². The van der Waals surface area contributed by atoms with Crippen LogP contribution in [-0.2, 0) is 13.5 Å². The minimum absolute atomic E-state index is 0.485. The van der Waals surface area contributed by atoms with Crippen LogP contribution in [0.3, 0.4) is 0 Å². The van der Waals surface area contributed by atoms with Crippen molar-refractivity contribution in [2.24, 2.45) is 7.05 Å². The van der Waals surface area contributed by atoms with Gasteiger partial charge in [-0.25, -0.2) is 0 Å². The molecule has 4 nitrogen and oxygen atoms in total. The Morgan fingerprint density at radius 2 is 2.11 bits per heavy atom. The van der Waals surface area contributed by atoms with Crippen molar-refractivity contribution < 1.29 is 0 Å². The first-order valence-corrected chi connectivity index (χ1v) is 6.95. The highest BCUT2D eigenvalue weighted by molar-refractivity contribution is 5.22. The average molecular weight is 256 g/mol. The van der Waals surface area contributed by atoms with Crippen molar-refractivity contribution in [3.8, 4) is 0 Å². The van der Waals surface area contributed by atoms with Gasteiger partial charge < -0.3 is 5.32 Å². The lowest BCUT2D eigenvalue weighted by atomic mass is 9.94. The standard InChI is InChI=1S/C15H20N4/c1-19-15(11-17-18-19)9-13(10-16-14-7-8-14)12-5-3-2-4-6-12/h2-6,11,13-14,16H,7-10H2,1H3. The second-order valence-electron chi connectivity index (χ2n) is 5.34. The average Bonchev–Trinajstić information content (AvgIpc) is 3.19. The van der Waals surface area contributed by atoms with Crippen molar-refractivity contribution in [3.05, 3.63) is 47.8 Å². The molecule has 0 radical (unpaired) electrons. The van der Waals surface area contributed by atoms with E-state index in [2.05, 4.69) is 46.0 Å². The maximum Gasteiger partial charge on any atom is 0.0725 e. The van der Waals surface area contributed by atoms with E-state index < -0.39 is 0 Å². The molecule has 1 atom stereocenters. The Morgan fingerprint density at radius 3 is 2.74 bits per heavy atom. The van der Waals surface area contributed by atoms with Crippen molar-refractivity contribution in [1.29, 1.82) is 0 Å². The minimum Gasteiger partial charge on any atom is -0.313 e. The molecule has 1 aliphatic carbocycles. The van der Waals surface area contributed by atoms with Crippen LogP contribution in [0, 0.1) is 0 Å². The lowest BCUT2D eigenvalue weighted by Gasteiger charge is -2.18. The predicted octanol–water partition coefficient (Wildman–Crippen LogP) is 1.89. The summed E-state index contributed by atoms with van der Waals surface area (Å²) >= 11 is 0. The Labute approximate surface area is 113 Å². The van der Waals surface area contributed by atoms with E-state index in [1.165, 1.54) is 24.1 Å². The van der Waals surface area contributed by atoms with E-state index in [0.29, 0.717) is 5.92 Å². The van der Waals surface area contributed by atoms with Crippen LogP contribution in [0.2, 0.25) is 0 Å². The van der Waals surface area contributed by atoms with Gasteiger partial charge in [-0.3, -0.25) is 4.68 Å². The molecule has 1 aliphatic rings. The zero-order valence-corrected chi connectivity index (χ0v) is 11.3. The van der Waals surface area contributed by atoms with Crippen molar-refractivity contribution in [1.82, 2.24) is 20.3 Å². The fourth-order valence-electron chi connectivity index (χ4n) is 2.38. The molecule has 1 N–H and O–H groups in total. The molecule has 2 aromatic rings. The smallest absolute Gasteiger partial charge is 0.0725 e. The third-order valence-electron chi connectivity index (χ3n) is 3.77. The molecule has 0 amide bonds. The second-order valence-corrected chi connectivity index (χ2v) is 5.34. The van der Waals surface area contributed by atoms with Gasteiger partial charge in [-0.05, 0) is 24.8 Å². The van der Waals surface area contributed by atoms with Gasteiger partial charge >= 0.3 is 0 Å². The number of rotatable bonds is 6. The summed E-state index contributed by atoms with van der Waals surface area (Å²) in [6.45, 7) is 1.03. The van der Waals surface area contributed by atoms with E-state index in [1.807, 2.05) is 17.9 Å². The summed E-state index contributed by atoms with van der Waals surface area (Å²) < 4.78 is 1.87. The SMILES string of the molecule is Cn1nncc1CC(CNC1CC1)c1ccccc1. The third kappa shape index (κ3) is 3.20. The molecule has 0 bridgehead atoms. The first kappa shape index (κ1) is 12.4. The van der Waals surface area contributed by atoms with Crippen LogP contribution in [0.5, 0.6) is 0 Å². The fraction of sp³-hybridized carbons (Fsp3) is 0.467. The number of hydrogen-bond donors (Lipinski definition) is 1. The second kappa shape index (κ2) is 5.53. The zero-order chi connectivity index (χ0) is 13.1. The van der Waals surface area contributed by atoms with E-state index >= 15 is 0 Å². The normalized spacial score (nSPS) is 16.5. The Hall–Kier alpha value is -1.68. The summed E-state index contributed by atoms with van der Waals surface area (Å²) in [7, 11) is 1.96. The van der Waals surface area contributed by atoms with Crippen molar-refractivity contribution >= 4 is 0 Å². The third-order valence-corrected chi connectivity index (χ3v) is 3.77. The van der Waals surface area contributed by atoms with Crippen molar-refractivity contribution in [3.63, 3.8) is 0 Å². The van der Waals surface area contributed by atoms with E-state index in [1.54, 1.807) is 0 Å². The molecule has 1 fully saturated rings. The number of aromatic nitrogens is 3. The van der Waals surface area contributed by atoms with Crippen LogP contribution in [0.25, 0.3) is 0 Å². The van der Waals surface area contributed by atoms with Crippen molar-refractivity contribution in [2.75, 3.05) is 6.54 Å². The van der Waals surface area contributed by atoms with E-state index in [0.717, 1.165) is 19.0 Å². The van der Waals surface area contributed by atoms with E-state index in [-0.39, 0.29) is 0 Å². The molecule has 0 spiro atoms. The molecule has 19 heavy (non-hydrogen) atoms. The molecule has 1 saturated carbocycles. The van der Waals surface area contributed by atoms with Gasteiger partial charge in [0.2, 0.25) is 0 Å². The summed E-state index contributed by atoms with van der Waals surface area (Å²) in [5.74, 6) is 0.485. The molecule has 1 aromatic heterocycles. The van der Waals surface area contributed by atoms with Crippen LogP contribution in [-0.4, -0.2) is 27.6 Å². The van der Waals surface area contributed by atoms with Gasteiger partial charge in [0.05, 0.1) is 11.9 Å². The Bertz CT molecular complexity index is 516. The fourth-order valence-corrected chi connectivity index (χ4v) is 2.38. The van der Waals surface area contributed by atoms with Gasteiger partial charge in [0.15, 0.2) is 0 Å². The molecule has 3 rings (SSSR count). The van der Waals surface area contributed by atoms with Gasteiger partial charge in [-0.2, -0.15) is 0 Å². The number of aryl methyl sites for hydroxylation is 1. The number of nitrogens with zero attached hydrogens (tertiary/aromatic N) is 3. The monoisotopic (exact) mass is 256 g/mol. The Morgan fingerprint density at radius 1 is 1.32 bits per heavy atom. The molecule has 0 aliphatic heterocycles. The van der Waals surface area contributed by atoms with Gasteiger partial charge in [0, 0.05) is 25.6 Å². The van der Waals surface area contributed by atoms with Crippen LogP contribution in [0.1, 0.15) is 30.0 Å². The summed E-state index contributed by atoms with van der Waals surface area (Å²) in [5.41, 5.74) is 2.57. The molecular formula is C15H20N4. The predicted molar refractivity (Wildman–Crippen MR) is 74.9 cm³/mol. The lowest BCUT2D eigenvalue weighted by molar-refractivity contribution is 0.556. The number of nitrogens with one attached hydrogen (secondary N) is 1. The first-order valence-electron chi connectivity index (χ1n) is 6.95. The zero-order valence-electron chi connectivity index (χ0n) is 11.3. The van der Waals surface area contributed by atoms with Gasteiger partial charge in [0.1, 0.15) is 0 Å². The highest BCUT2D eigenvalue weighted by atomic mass is 15.4. The molecule has 0 saturated heterocycles. The summed E-state index contributed by atoms with van der Waals surface area (Å²) in [6, 6.07) is 11.5. The largest absolute Gasteiger partial charge is 0.313 e. The van der Waals surface area contributed by atoms with Crippen LogP contribution in [0.4, 0.5) is 0 Å². The maximum absolute atomic E-state index is 4.02. The Balaban J connectivity index is 1.73. The van der Waals surface area contributed by atoms with Gasteiger partial charge in [0.25, 0.3) is 0 Å². The molecule has 1 unspecified atom stereocenters. The molecule has 1 heterocycles. The van der Waals surface area contributed by atoms with Crippen LogP contribution >= 0.6 is 0 Å². The first-order chi connectivity index (χ1) is 9.33. The summed E-state index contributed by atoms with van der Waals surface area (Å²) in [6.07, 6.45) is 5.50. The summed E-state index contributed by atoms with van der Waals surface area (Å²) in [5, 5.41) is 11.6. The van der Waals surface area contributed by atoms with Crippen LogP contribution in [0.15, 0.2) is 36.5 Å². The van der Waals surface area contributed by atoms with Gasteiger partial charge in [-0.1, -0.05) is 35.5 Å². The Kier molecular flexibility index (Phi) is 3.60.